The summed E-state index contributed by atoms with van der Waals surface area (Å²) in [6, 6.07) is 3.84. The maximum absolute atomic E-state index is 12.2. The van der Waals surface area contributed by atoms with E-state index in [-0.39, 0.29) is 12.4 Å². The molecule has 0 radical (unpaired) electrons. The second kappa shape index (κ2) is 8.08. The second-order valence-corrected chi connectivity index (χ2v) is 7.07. The highest BCUT2D eigenvalue weighted by Crippen LogP contribution is 2.37. The molecule has 144 valence electrons. The molecule has 1 fully saturated rings. The zero-order chi connectivity index (χ0) is 19.5. The number of carbonyl (C=O) groups is 1. The molecule has 0 bridgehead atoms. The first-order valence-corrected chi connectivity index (χ1v) is 9.22. The number of anilines is 1. The number of nitrogens with zero attached hydrogens (tertiary/aromatic N) is 2. The van der Waals surface area contributed by atoms with Crippen molar-refractivity contribution in [1.82, 2.24) is 0 Å². The van der Waals surface area contributed by atoms with Gasteiger partial charge < -0.3 is 19.9 Å². The number of hydrogen-bond acceptors (Lipinski definition) is 5. The topological polar surface area (TPSA) is 85.2 Å². The lowest BCUT2D eigenvalue weighted by Gasteiger charge is -2.31. The Labute approximate surface area is 155 Å². The molecule has 6 nitrogen and oxygen atoms in total. The number of cyclic esters (lactones) is 1. The fourth-order valence-electron chi connectivity index (χ4n) is 3.78. The third-order valence-corrected chi connectivity index (χ3v) is 4.93. The normalized spacial score (nSPS) is 20.2. The summed E-state index contributed by atoms with van der Waals surface area (Å²) >= 11 is 0. The molecule has 1 aliphatic rings. The Hall–Kier alpha value is -2.08. The number of aliphatic imine (C=N–C) groups is 1. The molecule has 6 heteroatoms. The minimum Gasteiger partial charge on any atom is -0.862 e. The molecule has 0 saturated carbocycles. The van der Waals surface area contributed by atoms with Gasteiger partial charge in [-0.15, -0.1) is 0 Å². The van der Waals surface area contributed by atoms with E-state index in [0.29, 0.717) is 19.4 Å². The van der Waals surface area contributed by atoms with E-state index in [1.807, 2.05) is 32.9 Å². The van der Waals surface area contributed by atoms with E-state index in [4.69, 9.17) is 4.74 Å². The zero-order valence-corrected chi connectivity index (χ0v) is 16.3. The highest BCUT2D eigenvalue weighted by atomic mass is 16.6. The van der Waals surface area contributed by atoms with E-state index in [1.165, 1.54) is 6.92 Å². The maximum Gasteiger partial charge on any atom is 0.414 e. The van der Waals surface area contributed by atoms with Crippen molar-refractivity contribution in [2.24, 2.45) is 4.99 Å². The highest BCUT2D eigenvalue weighted by molar-refractivity contribution is 5.90. The van der Waals surface area contributed by atoms with Crippen molar-refractivity contribution >= 4 is 17.7 Å². The summed E-state index contributed by atoms with van der Waals surface area (Å²) in [5, 5.41) is 22.1. The van der Waals surface area contributed by atoms with Crippen molar-refractivity contribution in [3.63, 3.8) is 0 Å². The SMILES string of the molecule is CCCC(O)(CC)c1c(C)cc(N2CC(CN=C(C)[O-])OC2=O)cc1C. The molecule has 1 aliphatic heterocycles. The maximum atomic E-state index is 12.2. The number of amides is 1. The first-order chi connectivity index (χ1) is 12.2. The van der Waals surface area contributed by atoms with Crippen LogP contribution in [0.3, 0.4) is 0 Å². The van der Waals surface area contributed by atoms with Gasteiger partial charge in [-0.1, -0.05) is 20.3 Å². The first kappa shape index (κ1) is 20.2. The molecule has 1 amide bonds. The lowest BCUT2D eigenvalue weighted by molar-refractivity contribution is -0.216. The number of aryl methyl sites for hydroxylation is 2. The summed E-state index contributed by atoms with van der Waals surface area (Å²) in [5.74, 6) is -0.273. The van der Waals surface area contributed by atoms with Crippen molar-refractivity contribution < 1.29 is 19.7 Å². The van der Waals surface area contributed by atoms with E-state index >= 15 is 0 Å². The van der Waals surface area contributed by atoms with Gasteiger partial charge in [-0.3, -0.25) is 4.90 Å². The third kappa shape index (κ3) is 4.18. The molecule has 1 aromatic carbocycles. The fourth-order valence-corrected chi connectivity index (χ4v) is 3.78. The van der Waals surface area contributed by atoms with Gasteiger partial charge in [-0.05, 0) is 68.3 Å². The number of aliphatic hydroxyl groups is 1. The van der Waals surface area contributed by atoms with Crippen molar-refractivity contribution in [1.29, 1.82) is 0 Å². The summed E-state index contributed by atoms with van der Waals surface area (Å²) in [6.07, 6.45) is 1.39. The van der Waals surface area contributed by atoms with Gasteiger partial charge in [-0.2, -0.15) is 0 Å². The molecule has 0 aromatic heterocycles. The van der Waals surface area contributed by atoms with Crippen molar-refractivity contribution in [3.8, 4) is 0 Å². The first-order valence-electron chi connectivity index (χ1n) is 9.22. The van der Waals surface area contributed by atoms with Gasteiger partial charge in [0, 0.05) is 5.69 Å². The van der Waals surface area contributed by atoms with Crippen LogP contribution < -0.4 is 10.0 Å². The molecule has 0 spiro atoms. The molecule has 26 heavy (non-hydrogen) atoms. The van der Waals surface area contributed by atoms with Gasteiger partial charge in [0.1, 0.15) is 6.10 Å². The monoisotopic (exact) mass is 361 g/mol. The van der Waals surface area contributed by atoms with Crippen LogP contribution in [0.5, 0.6) is 0 Å². The van der Waals surface area contributed by atoms with Crippen molar-refractivity contribution in [3.05, 3.63) is 28.8 Å². The standard InChI is InChI=1S/C20H30N2O4/c1-6-8-20(25,7-2)18-13(3)9-16(10-14(18)4)22-12-17(26-19(22)24)11-21-15(5)23/h9-10,17,25H,6-8,11-12H2,1-5H3,(H,21,23)/p-1. The van der Waals surface area contributed by atoms with Crippen LogP contribution in [0, 0.1) is 13.8 Å². The average Bonchev–Trinajstić information content (AvgIpc) is 2.93. The lowest BCUT2D eigenvalue weighted by atomic mass is 9.81. The van der Waals surface area contributed by atoms with Crippen LogP contribution >= 0.6 is 0 Å². The third-order valence-electron chi connectivity index (χ3n) is 4.93. The Bertz CT molecular complexity index is 674. The van der Waals surface area contributed by atoms with Crippen LogP contribution in [-0.2, 0) is 10.3 Å². The molecule has 1 aromatic rings. The Kier molecular flexibility index (Phi) is 6.29. The smallest absolute Gasteiger partial charge is 0.414 e. The van der Waals surface area contributed by atoms with E-state index in [9.17, 15) is 15.0 Å². The van der Waals surface area contributed by atoms with Crippen molar-refractivity contribution in [2.75, 3.05) is 18.0 Å². The molecule has 2 unspecified atom stereocenters. The minimum atomic E-state index is -0.851. The molecule has 1 N–H and O–H groups in total. The van der Waals surface area contributed by atoms with Crippen LogP contribution in [0.15, 0.2) is 17.1 Å². The van der Waals surface area contributed by atoms with Crippen LogP contribution in [0.1, 0.15) is 56.7 Å². The van der Waals surface area contributed by atoms with Gasteiger partial charge in [0.25, 0.3) is 0 Å². The number of hydrogen-bond donors (Lipinski definition) is 1. The van der Waals surface area contributed by atoms with Crippen LogP contribution in [0.2, 0.25) is 0 Å². The minimum absolute atomic E-state index is 0.180. The number of benzene rings is 1. The van der Waals surface area contributed by atoms with Gasteiger partial charge in [0.15, 0.2) is 0 Å². The van der Waals surface area contributed by atoms with E-state index in [1.54, 1.807) is 4.90 Å². The predicted octanol–water partition coefficient (Wildman–Crippen LogP) is 2.81. The summed E-state index contributed by atoms with van der Waals surface area (Å²) < 4.78 is 5.31. The molecule has 2 atom stereocenters. The quantitative estimate of drug-likeness (QED) is 0.598. The fraction of sp³-hybridized carbons (Fsp3) is 0.600. The molecule has 2 rings (SSSR count). The van der Waals surface area contributed by atoms with Gasteiger partial charge in [0.2, 0.25) is 0 Å². The van der Waals surface area contributed by atoms with E-state index in [2.05, 4.69) is 11.9 Å². The van der Waals surface area contributed by atoms with Crippen molar-refractivity contribution in [2.45, 2.75) is 65.6 Å². The molecule has 1 heterocycles. The zero-order valence-electron chi connectivity index (χ0n) is 16.3. The summed E-state index contributed by atoms with van der Waals surface area (Å²) in [6.45, 7) is 9.90. The van der Waals surface area contributed by atoms with Crippen LogP contribution in [-0.4, -0.2) is 36.3 Å². The van der Waals surface area contributed by atoms with Crippen LogP contribution in [0.4, 0.5) is 10.5 Å². The average molecular weight is 361 g/mol. The Morgan fingerprint density at radius 3 is 2.50 bits per heavy atom. The molecular formula is C20H29N2O4-. The molecule has 1 saturated heterocycles. The van der Waals surface area contributed by atoms with E-state index in [0.717, 1.165) is 28.8 Å². The second-order valence-electron chi connectivity index (χ2n) is 7.07. The highest BCUT2D eigenvalue weighted by Gasteiger charge is 2.34. The number of carbonyl (C=O) groups excluding carboxylic acids is 1. The Balaban J connectivity index is 2.30. The van der Waals surface area contributed by atoms with Gasteiger partial charge in [-0.25, -0.2) is 4.79 Å². The summed E-state index contributed by atoms with van der Waals surface area (Å²) in [4.78, 5) is 17.6. The number of rotatable bonds is 7. The lowest BCUT2D eigenvalue weighted by Crippen LogP contribution is -2.29. The Morgan fingerprint density at radius 1 is 1.38 bits per heavy atom. The number of ether oxygens (including phenoxy) is 1. The molecular weight excluding hydrogens is 332 g/mol. The van der Waals surface area contributed by atoms with Gasteiger partial charge >= 0.3 is 6.09 Å². The largest absolute Gasteiger partial charge is 0.862 e. The van der Waals surface area contributed by atoms with Gasteiger partial charge in [0.05, 0.1) is 18.7 Å². The molecule has 0 aliphatic carbocycles. The summed E-state index contributed by atoms with van der Waals surface area (Å²) in [5.41, 5.74) is 2.76. The summed E-state index contributed by atoms with van der Waals surface area (Å²) in [7, 11) is 0. The predicted molar refractivity (Wildman–Crippen MR) is 101 cm³/mol. The van der Waals surface area contributed by atoms with Crippen LogP contribution in [0.25, 0.3) is 0 Å². The van der Waals surface area contributed by atoms with E-state index < -0.39 is 17.8 Å². The Morgan fingerprint density at radius 2 is 2.00 bits per heavy atom.